The number of aromatic nitrogens is 3. The Labute approximate surface area is 149 Å². The Morgan fingerprint density at radius 3 is 3.12 bits per heavy atom. The van der Waals surface area contributed by atoms with Crippen molar-refractivity contribution in [3.8, 4) is 0 Å². The molecule has 0 bridgehead atoms. The van der Waals surface area contributed by atoms with Crippen LogP contribution in [-0.2, 0) is 6.42 Å². The summed E-state index contributed by atoms with van der Waals surface area (Å²) in [6, 6.07) is 6.16. The summed E-state index contributed by atoms with van der Waals surface area (Å²) in [5, 5.41) is 7.48. The van der Waals surface area contributed by atoms with Gasteiger partial charge in [0.15, 0.2) is 0 Å². The highest BCUT2D eigenvalue weighted by molar-refractivity contribution is 7.16. The van der Waals surface area contributed by atoms with Gasteiger partial charge in [0.25, 0.3) is 0 Å². The number of thiophene rings is 1. The van der Waals surface area contributed by atoms with Gasteiger partial charge in [0, 0.05) is 31.7 Å². The Hall–Kier alpha value is -1.92. The Bertz CT molecular complexity index is 865. The lowest BCUT2D eigenvalue weighted by atomic mass is 10.2. The van der Waals surface area contributed by atoms with Gasteiger partial charge in [0.1, 0.15) is 22.3 Å². The van der Waals surface area contributed by atoms with Gasteiger partial charge in [0.05, 0.1) is 10.4 Å². The molecule has 1 N–H and O–H groups in total. The van der Waals surface area contributed by atoms with E-state index in [1.165, 1.54) is 0 Å². The van der Waals surface area contributed by atoms with Crippen molar-refractivity contribution < 1.29 is 0 Å². The largest absolute Gasteiger partial charge is 0.365 e. The molecule has 1 unspecified atom stereocenters. The molecule has 0 amide bonds. The topological polar surface area (TPSA) is 53.9 Å². The molecule has 0 saturated carbocycles. The highest BCUT2D eigenvalue weighted by Crippen LogP contribution is 2.29. The van der Waals surface area contributed by atoms with Gasteiger partial charge in [-0.05, 0) is 30.0 Å². The second-order valence-corrected chi connectivity index (χ2v) is 7.17. The zero-order chi connectivity index (χ0) is 16.5. The molecule has 1 fully saturated rings. The number of pyridine rings is 1. The Morgan fingerprint density at radius 2 is 2.29 bits per heavy atom. The van der Waals surface area contributed by atoms with Crippen molar-refractivity contribution in [1.29, 1.82) is 0 Å². The molecule has 1 atom stereocenters. The molecule has 0 spiro atoms. The fourth-order valence-electron chi connectivity index (χ4n) is 3.04. The molecule has 3 aromatic heterocycles. The van der Waals surface area contributed by atoms with Crippen molar-refractivity contribution in [2.24, 2.45) is 0 Å². The number of aryl methyl sites for hydroxylation is 1. The van der Waals surface area contributed by atoms with E-state index in [1.807, 2.05) is 12.1 Å². The van der Waals surface area contributed by atoms with E-state index in [-0.39, 0.29) is 0 Å². The van der Waals surface area contributed by atoms with Gasteiger partial charge in [-0.1, -0.05) is 18.5 Å². The summed E-state index contributed by atoms with van der Waals surface area (Å²) in [7, 11) is 0. The predicted molar refractivity (Wildman–Crippen MR) is 100 cm³/mol. The minimum Gasteiger partial charge on any atom is -0.365 e. The third kappa shape index (κ3) is 2.91. The minimum atomic E-state index is 0.325. The van der Waals surface area contributed by atoms with Crippen LogP contribution in [0.3, 0.4) is 0 Å². The molecular formula is C17H18ClN5S. The molecular weight excluding hydrogens is 342 g/mol. The van der Waals surface area contributed by atoms with Crippen molar-refractivity contribution in [2.45, 2.75) is 25.8 Å². The van der Waals surface area contributed by atoms with Gasteiger partial charge in [-0.3, -0.25) is 0 Å². The average Bonchev–Trinajstić information content (AvgIpc) is 3.24. The number of hydrogen-bond acceptors (Lipinski definition) is 6. The first-order valence-electron chi connectivity index (χ1n) is 8.10. The molecule has 7 heteroatoms. The summed E-state index contributed by atoms with van der Waals surface area (Å²) in [6.45, 7) is 3.89. The van der Waals surface area contributed by atoms with E-state index >= 15 is 0 Å². The van der Waals surface area contributed by atoms with E-state index in [2.05, 4.69) is 38.6 Å². The zero-order valence-electron chi connectivity index (χ0n) is 13.4. The fraction of sp³-hybridized carbons (Fsp3) is 0.353. The monoisotopic (exact) mass is 359 g/mol. The van der Waals surface area contributed by atoms with Crippen molar-refractivity contribution in [3.63, 3.8) is 0 Å². The fourth-order valence-corrected chi connectivity index (χ4v) is 4.07. The van der Waals surface area contributed by atoms with Crippen molar-refractivity contribution in [2.75, 3.05) is 23.3 Å². The Kier molecular flexibility index (Phi) is 4.24. The van der Waals surface area contributed by atoms with Crippen LogP contribution in [0.25, 0.3) is 10.2 Å². The first-order chi connectivity index (χ1) is 11.7. The first kappa shape index (κ1) is 15.6. The van der Waals surface area contributed by atoms with E-state index in [0.717, 1.165) is 53.6 Å². The SMILES string of the molecule is CCc1nc(NC2CCN(c3ncccc3Cl)C2)c2ccsc2n1. The lowest BCUT2D eigenvalue weighted by Crippen LogP contribution is -2.27. The quantitative estimate of drug-likeness (QED) is 0.763. The van der Waals surface area contributed by atoms with E-state index in [1.54, 1.807) is 17.5 Å². The van der Waals surface area contributed by atoms with Crippen molar-refractivity contribution in [1.82, 2.24) is 15.0 Å². The Morgan fingerprint density at radius 1 is 1.38 bits per heavy atom. The van der Waals surface area contributed by atoms with E-state index in [0.29, 0.717) is 11.1 Å². The van der Waals surface area contributed by atoms with Crippen LogP contribution in [0.2, 0.25) is 5.02 Å². The van der Waals surface area contributed by atoms with Gasteiger partial charge in [-0.15, -0.1) is 11.3 Å². The van der Waals surface area contributed by atoms with Crippen LogP contribution >= 0.6 is 22.9 Å². The first-order valence-corrected chi connectivity index (χ1v) is 9.36. The van der Waals surface area contributed by atoms with Crippen LogP contribution in [0.1, 0.15) is 19.2 Å². The number of halogens is 1. The van der Waals surface area contributed by atoms with Crippen molar-refractivity contribution >= 4 is 44.8 Å². The molecule has 0 aromatic carbocycles. The summed E-state index contributed by atoms with van der Waals surface area (Å²) in [6.07, 6.45) is 3.65. The smallest absolute Gasteiger partial charge is 0.147 e. The van der Waals surface area contributed by atoms with Crippen LogP contribution in [-0.4, -0.2) is 34.1 Å². The molecule has 0 aliphatic carbocycles. The van der Waals surface area contributed by atoms with Gasteiger partial charge < -0.3 is 10.2 Å². The molecule has 3 aromatic rings. The molecule has 0 radical (unpaired) electrons. The van der Waals surface area contributed by atoms with E-state index < -0.39 is 0 Å². The lowest BCUT2D eigenvalue weighted by molar-refractivity contribution is 0.797. The number of nitrogens with one attached hydrogen (secondary N) is 1. The minimum absolute atomic E-state index is 0.325. The molecule has 4 heterocycles. The molecule has 4 rings (SSSR count). The van der Waals surface area contributed by atoms with Crippen LogP contribution in [0.15, 0.2) is 29.8 Å². The van der Waals surface area contributed by atoms with Crippen LogP contribution in [0.5, 0.6) is 0 Å². The highest BCUT2D eigenvalue weighted by Gasteiger charge is 2.25. The maximum absolute atomic E-state index is 6.27. The van der Waals surface area contributed by atoms with Gasteiger partial charge >= 0.3 is 0 Å². The zero-order valence-corrected chi connectivity index (χ0v) is 14.9. The number of anilines is 2. The Balaban J connectivity index is 1.55. The molecule has 1 aliphatic rings. The molecule has 1 aliphatic heterocycles. The highest BCUT2D eigenvalue weighted by atomic mass is 35.5. The molecule has 124 valence electrons. The number of hydrogen-bond donors (Lipinski definition) is 1. The third-order valence-corrected chi connectivity index (χ3v) is 5.36. The third-order valence-electron chi connectivity index (χ3n) is 4.26. The summed E-state index contributed by atoms with van der Waals surface area (Å²) in [5.41, 5.74) is 0. The number of nitrogens with zero attached hydrogens (tertiary/aromatic N) is 4. The van der Waals surface area contributed by atoms with Gasteiger partial charge in [-0.25, -0.2) is 15.0 Å². The van der Waals surface area contributed by atoms with Crippen LogP contribution < -0.4 is 10.2 Å². The standard InChI is InChI=1S/C17H18ClN5S/c1-2-14-21-15(12-6-9-24-17(12)22-14)20-11-5-8-23(10-11)16-13(18)4-3-7-19-16/h3-4,6-7,9,11H,2,5,8,10H2,1H3,(H,20,21,22). The van der Waals surface area contributed by atoms with Crippen LogP contribution in [0.4, 0.5) is 11.6 Å². The van der Waals surface area contributed by atoms with E-state index in [4.69, 9.17) is 16.6 Å². The van der Waals surface area contributed by atoms with Crippen molar-refractivity contribution in [3.05, 3.63) is 40.6 Å². The maximum atomic E-state index is 6.27. The lowest BCUT2D eigenvalue weighted by Gasteiger charge is -2.19. The van der Waals surface area contributed by atoms with E-state index in [9.17, 15) is 0 Å². The predicted octanol–water partition coefficient (Wildman–Crippen LogP) is 3.99. The maximum Gasteiger partial charge on any atom is 0.147 e. The van der Waals surface area contributed by atoms with Crippen LogP contribution in [0, 0.1) is 0 Å². The molecule has 24 heavy (non-hydrogen) atoms. The number of fused-ring (bicyclic) bond motifs is 1. The second kappa shape index (κ2) is 6.53. The summed E-state index contributed by atoms with van der Waals surface area (Å²) < 4.78 is 0. The summed E-state index contributed by atoms with van der Waals surface area (Å²) in [4.78, 5) is 17.0. The normalized spacial score (nSPS) is 17.6. The molecule has 1 saturated heterocycles. The summed E-state index contributed by atoms with van der Waals surface area (Å²) in [5.74, 6) is 2.69. The summed E-state index contributed by atoms with van der Waals surface area (Å²) >= 11 is 7.93. The molecule has 5 nitrogen and oxygen atoms in total. The number of rotatable bonds is 4. The average molecular weight is 360 g/mol. The second-order valence-electron chi connectivity index (χ2n) is 5.87. The van der Waals surface area contributed by atoms with Gasteiger partial charge in [-0.2, -0.15) is 0 Å². The van der Waals surface area contributed by atoms with Gasteiger partial charge in [0.2, 0.25) is 0 Å².